The first kappa shape index (κ1) is 4.89. The summed E-state index contributed by atoms with van der Waals surface area (Å²) in [4.78, 5) is 0. The van der Waals surface area contributed by atoms with Crippen molar-refractivity contribution in [2.75, 3.05) is 6.61 Å². The van der Waals surface area contributed by atoms with Crippen LogP contribution in [-0.4, -0.2) is 17.9 Å². The van der Waals surface area contributed by atoms with Gasteiger partial charge in [0.1, 0.15) is 6.17 Å². The maximum atomic E-state index is 11.2. The van der Waals surface area contributed by atoms with Gasteiger partial charge < -0.3 is 5.11 Å². The van der Waals surface area contributed by atoms with Crippen molar-refractivity contribution in [3.63, 3.8) is 0 Å². The Morgan fingerprint density at radius 1 is 2.00 bits per heavy atom. The zero-order chi connectivity index (χ0) is 4.28. The molecule has 5 heavy (non-hydrogen) atoms. The second kappa shape index (κ2) is 2.15. The lowest BCUT2D eigenvalue weighted by Crippen LogP contribution is -1.96. The highest BCUT2D eigenvalue weighted by atomic mass is 19.1. The first-order chi connectivity index (χ1) is 2.27. The molecule has 1 N–H and O–H groups in total. The van der Waals surface area contributed by atoms with Crippen molar-refractivity contribution in [3.8, 4) is 0 Å². The number of aliphatic hydroxyl groups is 1. The highest BCUT2D eigenvalue weighted by Gasteiger charge is 1.87. The van der Waals surface area contributed by atoms with E-state index in [0.717, 1.165) is 0 Å². The molecular formula is C3H7FO. The Morgan fingerprint density at radius 3 is 2.20 bits per heavy atom. The quantitative estimate of drug-likeness (QED) is 0.479. The predicted molar refractivity (Wildman–Crippen MR) is 17.7 cm³/mol. The molecule has 0 aromatic carbocycles. The van der Waals surface area contributed by atoms with Gasteiger partial charge in [-0.15, -0.1) is 0 Å². The van der Waals surface area contributed by atoms with Gasteiger partial charge in [-0.25, -0.2) is 4.39 Å². The molecule has 2 heteroatoms. The third-order valence-electron chi connectivity index (χ3n) is 0.252. The number of rotatable bonds is 1. The summed E-state index contributed by atoms with van der Waals surface area (Å²) in [6, 6.07) is 0. The maximum Gasteiger partial charge on any atom is 0.120 e. The van der Waals surface area contributed by atoms with Crippen molar-refractivity contribution in [3.05, 3.63) is 0 Å². The molecule has 1 atom stereocenters. The minimum Gasteiger partial charge on any atom is -0.393 e. The molecule has 32 valence electrons. The lowest BCUT2D eigenvalue weighted by molar-refractivity contribution is 0.191. The lowest BCUT2D eigenvalue weighted by Gasteiger charge is -1.85. The number of hydrogen-bond donors (Lipinski definition) is 1. The van der Waals surface area contributed by atoms with Gasteiger partial charge in [0.05, 0.1) is 6.61 Å². The van der Waals surface area contributed by atoms with Gasteiger partial charge in [-0.05, 0) is 6.92 Å². The molecule has 0 spiro atoms. The molecule has 1 nitrogen and oxygen atoms in total. The highest BCUT2D eigenvalue weighted by molar-refractivity contribution is 4.35. The molecule has 0 radical (unpaired) electrons. The smallest absolute Gasteiger partial charge is 0.120 e. The molecule has 0 rings (SSSR count). The summed E-state index contributed by atoms with van der Waals surface area (Å²) in [5.74, 6) is 0. The van der Waals surface area contributed by atoms with E-state index in [0.29, 0.717) is 0 Å². The fourth-order valence-electron chi connectivity index (χ4n) is 0. The Kier molecular flexibility index (Phi) is 2.10. The van der Waals surface area contributed by atoms with Gasteiger partial charge in [-0.3, -0.25) is 0 Å². The van der Waals surface area contributed by atoms with Crippen LogP contribution in [0.4, 0.5) is 4.39 Å². The Bertz CT molecular complexity index is 20.9. The lowest BCUT2D eigenvalue weighted by atomic mass is 10.5. The Balaban J connectivity index is 2.54. The van der Waals surface area contributed by atoms with E-state index < -0.39 is 6.17 Å². The standard InChI is InChI=1S/C3H7FO/c1-3(4)2-5/h3,5H,2H2,1H3. The van der Waals surface area contributed by atoms with E-state index in [1.807, 2.05) is 0 Å². The summed E-state index contributed by atoms with van der Waals surface area (Å²) >= 11 is 0. The van der Waals surface area contributed by atoms with Gasteiger partial charge in [0, 0.05) is 0 Å². The summed E-state index contributed by atoms with van der Waals surface area (Å²) in [5.41, 5.74) is 0. The zero-order valence-electron chi connectivity index (χ0n) is 3.11. The van der Waals surface area contributed by atoms with Gasteiger partial charge in [0.15, 0.2) is 0 Å². The molecule has 0 aromatic heterocycles. The van der Waals surface area contributed by atoms with Crippen LogP contribution in [0.1, 0.15) is 6.92 Å². The molecule has 0 amide bonds. The monoisotopic (exact) mass is 78.0 g/mol. The minimum atomic E-state index is -1.06. The predicted octanol–water partition coefficient (Wildman–Crippen LogP) is 0.337. The Labute approximate surface area is 30.4 Å². The number of hydrogen-bond acceptors (Lipinski definition) is 1. The molecule has 0 aliphatic heterocycles. The summed E-state index contributed by atoms with van der Waals surface area (Å²) in [6.45, 7) is 0.944. The third-order valence-corrected chi connectivity index (χ3v) is 0.252. The van der Waals surface area contributed by atoms with Crippen molar-refractivity contribution in [2.24, 2.45) is 0 Å². The van der Waals surface area contributed by atoms with Crippen LogP contribution in [-0.2, 0) is 0 Å². The van der Waals surface area contributed by atoms with Crippen LogP contribution < -0.4 is 0 Å². The van der Waals surface area contributed by atoms with E-state index >= 15 is 0 Å². The van der Waals surface area contributed by atoms with Gasteiger partial charge in [0.25, 0.3) is 0 Å². The fourth-order valence-corrected chi connectivity index (χ4v) is 0. The third kappa shape index (κ3) is 3.89. The molecule has 0 aliphatic rings. The molecule has 0 aromatic rings. The number of alkyl halides is 1. The number of aliphatic hydroxyl groups excluding tert-OH is 1. The van der Waals surface area contributed by atoms with Crippen LogP contribution in [0.15, 0.2) is 0 Å². The van der Waals surface area contributed by atoms with E-state index in [9.17, 15) is 4.39 Å². The normalized spacial score (nSPS) is 15.0. The Morgan fingerprint density at radius 2 is 2.20 bits per heavy atom. The zero-order valence-corrected chi connectivity index (χ0v) is 3.11. The van der Waals surface area contributed by atoms with E-state index in [1.165, 1.54) is 6.92 Å². The van der Waals surface area contributed by atoms with Gasteiger partial charge in [-0.2, -0.15) is 0 Å². The van der Waals surface area contributed by atoms with Crippen molar-refractivity contribution >= 4 is 0 Å². The van der Waals surface area contributed by atoms with Crippen LogP contribution in [0.2, 0.25) is 0 Å². The number of halogens is 1. The fraction of sp³-hybridized carbons (Fsp3) is 1.00. The Hall–Kier alpha value is -0.110. The van der Waals surface area contributed by atoms with Crippen LogP contribution in [0.3, 0.4) is 0 Å². The van der Waals surface area contributed by atoms with Crippen molar-refractivity contribution in [1.29, 1.82) is 0 Å². The molecule has 0 fully saturated rings. The summed E-state index contributed by atoms with van der Waals surface area (Å²) < 4.78 is 11.2. The SMILES string of the molecule is CC(F)CO. The largest absolute Gasteiger partial charge is 0.393 e. The van der Waals surface area contributed by atoms with E-state index in [4.69, 9.17) is 5.11 Å². The molecule has 1 unspecified atom stereocenters. The van der Waals surface area contributed by atoms with Crippen molar-refractivity contribution in [1.82, 2.24) is 0 Å². The topological polar surface area (TPSA) is 20.2 Å². The summed E-state index contributed by atoms with van der Waals surface area (Å²) in [5, 5.41) is 7.77. The van der Waals surface area contributed by atoms with Crippen molar-refractivity contribution in [2.45, 2.75) is 13.1 Å². The molecule has 0 bridgehead atoms. The van der Waals surface area contributed by atoms with Crippen LogP contribution in [0.25, 0.3) is 0 Å². The summed E-state index contributed by atoms with van der Waals surface area (Å²) in [6.07, 6.45) is -1.06. The van der Waals surface area contributed by atoms with Crippen LogP contribution >= 0.6 is 0 Å². The van der Waals surface area contributed by atoms with Crippen LogP contribution in [0, 0.1) is 0 Å². The van der Waals surface area contributed by atoms with Crippen molar-refractivity contribution < 1.29 is 9.50 Å². The van der Waals surface area contributed by atoms with Gasteiger partial charge in [-0.1, -0.05) is 0 Å². The first-order valence-electron chi connectivity index (χ1n) is 1.52. The molecule has 0 saturated heterocycles. The first-order valence-corrected chi connectivity index (χ1v) is 1.52. The molecule has 0 aliphatic carbocycles. The van der Waals surface area contributed by atoms with E-state index in [2.05, 4.69) is 0 Å². The molecular weight excluding hydrogens is 71.0 g/mol. The highest BCUT2D eigenvalue weighted by Crippen LogP contribution is 1.79. The van der Waals surface area contributed by atoms with Gasteiger partial charge >= 0.3 is 0 Å². The summed E-state index contributed by atoms with van der Waals surface area (Å²) in [7, 11) is 0. The van der Waals surface area contributed by atoms with E-state index in [1.54, 1.807) is 0 Å². The average molecular weight is 78.1 g/mol. The minimum absolute atomic E-state index is 0.361. The molecule has 0 saturated carbocycles. The van der Waals surface area contributed by atoms with Crippen LogP contribution in [0.5, 0.6) is 0 Å². The van der Waals surface area contributed by atoms with E-state index in [-0.39, 0.29) is 6.61 Å². The maximum absolute atomic E-state index is 11.2. The average Bonchev–Trinajstić information content (AvgIpc) is 1.38. The van der Waals surface area contributed by atoms with Gasteiger partial charge in [0.2, 0.25) is 0 Å². The molecule has 0 heterocycles. The second-order valence-corrected chi connectivity index (χ2v) is 0.963. The second-order valence-electron chi connectivity index (χ2n) is 0.963.